The molecule has 3 aromatic heterocycles. The van der Waals surface area contributed by atoms with Crippen LogP contribution >= 0.6 is 0 Å². The third-order valence-corrected chi connectivity index (χ3v) is 6.00. The maximum atomic E-state index is 14.5. The van der Waals surface area contributed by atoms with E-state index in [9.17, 15) is 22.8 Å². The zero-order chi connectivity index (χ0) is 29.2. The standard InChI is InChI=1S/C26H32F3N7O4/c1-6-39-23-18(22(37)32-16-9-19(27)21-31-15(2)12-35(21)13-16)11-30-24(33-23)34-7-8-36(17(14-34)10-20(28)29)25(38)40-26(3,4)5/h9,11-13,17,20H,6-8,10,14H2,1-5H3,(H,32,37). The molecule has 1 aliphatic heterocycles. The monoisotopic (exact) mass is 563 g/mol. The lowest BCUT2D eigenvalue weighted by molar-refractivity contribution is 0.00508. The highest BCUT2D eigenvalue weighted by atomic mass is 19.3. The second-order valence-corrected chi connectivity index (χ2v) is 10.4. The van der Waals surface area contributed by atoms with Crippen LogP contribution in [0, 0.1) is 12.7 Å². The van der Waals surface area contributed by atoms with Gasteiger partial charge in [0.25, 0.3) is 5.91 Å². The number of aryl methyl sites for hydroxylation is 1. The molecule has 1 aliphatic rings. The molecular formula is C26H32F3N7O4. The topological polar surface area (TPSA) is 114 Å². The molecule has 216 valence electrons. The number of rotatable bonds is 7. The lowest BCUT2D eigenvalue weighted by atomic mass is 10.1. The summed E-state index contributed by atoms with van der Waals surface area (Å²) >= 11 is 0. The number of imidazole rings is 1. The Balaban J connectivity index is 1.54. The Kier molecular flexibility index (Phi) is 8.35. The molecule has 1 unspecified atom stereocenters. The molecule has 0 aliphatic carbocycles. The minimum Gasteiger partial charge on any atom is -0.477 e. The van der Waals surface area contributed by atoms with E-state index in [-0.39, 0.29) is 55.0 Å². The van der Waals surface area contributed by atoms with Gasteiger partial charge in [-0.2, -0.15) is 4.98 Å². The van der Waals surface area contributed by atoms with Crippen molar-refractivity contribution >= 4 is 29.3 Å². The number of pyridine rings is 1. The van der Waals surface area contributed by atoms with Gasteiger partial charge in [-0.3, -0.25) is 4.79 Å². The van der Waals surface area contributed by atoms with Crippen molar-refractivity contribution in [1.29, 1.82) is 0 Å². The van der Waals surface area contributed by atoms with Gasteiger partial charge in [0, 0.05) is 50.7 Å². The van der Waals surface area contributed by atoms with E-state index in [4.69, 9.17) is 9.47 Å². The number of alkyl halides is 2. The van der Waals surface area contributed by atoms with Gasteiger partial charge in [0.15, 0.2) is 11.5 Å². The number of halogens is 3. The van der Waals surface area contributed by atoms with Crippen LogP contribution in [0.4, 0.5) is 29.6 Å². The number of ether oxygens (including phenoxy) is 2. The van der Waals surface area contributed by atoms with Gasteiger partial charge in [0.05, 0.1) is 24.0 Å². The Hall–Kier alpha value is -4.10. The number of amides is 2. The van der Waals surface area contributed by atoms with Crippen molar-refractivity contribution in [1.82, 2.24) is 24.3 Å². The summed E-state index contributed by atoms with van der Waals surface area (Å²) in [6.45, 7) is 9.14. The average molecular weight is 564 g/mol. The van der Waals surface area contributed by atoms with Crippen molar-refractivity contribution in [2.75, 3.05) is 36.5 Å². The Bertz CT molecular complexity index is 1390. The lowest BCUT2D eigenvalue weighted by Crippen LogP contribution is -2.57. The van der Waals surface area contributed by atoms with Crippen LogP contribution in [0.15, 0.2) is 24.7 Å². The summed E-state index contributed by atoms with van der Waals surface area (Å²) in [5.41, 5.74) is 0.171. The van der Waals surface area contributed by atoms with Gasteiger partial charge < -0.3 is 29.0 Å². The molecule has 0 saturated carbocycles. The van der Waals surface area contributed by atoms with E-state index in [1.54, 1.807) is 45.7 Å². The van der Waals surface area contributed by atoms with Crippen molar-refractivity contribution in [3.8, 4) is 5.88 Å². The van der Waals surface area contributed by atoms with E-state index < -0.39 is 42.3 Å². The van der Waals surface area contributed by atoms with Crippen LogP contribution in [0.1, 0.15) is 50.2 Å². The highest BCUT2D eigenvalue weighted by Gasteiger charge is 2.36. The molecular weight excluding hydrogens is 531 g/mol. The molecule has 1 saturated heterocycles. The highest BCUT2D eigenvalue weighted by molar-refractivity contribution is 6.05. The Morgan fingerprint density at radius 1 is 1.20 bits per heavy atom. The van der Waals surface area contributed by atoms with Gasteiger partial charge in [-0.1, -0.05) is 0 Å². The molecule has 4 rings (SSSR count). The van der Waals surface area contributed by atoms with Gasteiger partial charge in [-0.15, -0.1) is 0 Å². The quantitative estimate of drug-likeness (QED) is 0.453. The normalized spacial score (nSPS) is 16.0. The summed E-state index contributed by atoms with van der Waals surface area (Å²) < 4.78 is 53.7. The number of piperazine rings is 1. The molecule has 14 heteroatoms. The van der Waals surface area contributed by atoms with Crippen LogP contribution < -0.4 is 15.0 Å². The molecule has 1 fully saturated rings. The largest absolute Gasteiger partial charge is 0.477 e. The SMILES string of the molecule is CCOc1nc(N2CCN(C(=O)OC(C)(C)C)C(CC(F)F)C2)ncc1C(=O)Nc1cc(F)c2nc(C)cn2c1. The number of carbonyl (C=O) groups excluding carboxylic acids is 2. The van der Waals surface area contributed by atoms with Crippen LogP contribution in [0.5, 0.6) is 5.88 Å². The fourth-order valence-electron chi connectivity index (χ4n) is 4.36. The molecule has 1 atom stereocenters. The van der Waals surface area contributed by atoms with Crippen molar-refractivity contribution in [3.05, 3.63) is 41.7 Å². The second kappa shape index (κ2) is 11.6. The lowest BCUT2D eigenvalue weighted by Gasteiger charge is -2.41. The predicted octanol–water partition coefficient (Wildman–Crippen LogP) is 4.30. The Labute approximate surface area is 229 Å². The van der Waals surface area contributed by atoms with E-state index in [1.807, 2.05) is 0 Å². The van der Waals surface area contributed by atoms with E-state index in [0.717, 1.165) is 6.07 Å². The fourth-order valence-corrected chi connectivity index (χ4v) is 4.36. The van der Waals surface area contributed by atoms with Crippen molar-refractivity contribution < 1.29 is 32.2 Å². The van der Waals surface area contributed by atoms with Crippen LogP contribution in [0.25, 0.3) is 5.65 Å². The molecule has 0 aromatic carbocycles. The number of hydrogen-bond acceptors (Lipinski definition) is 8. The number of hydrogen-bond donors (Lipinski definition) is 1. The van der Waals surface area contributed by atoms with Crippen molar-refractivity contribution in [2.24, 2.45) is 0 Å². The van der Waals surface area contributed by atoms with Gasteiger partial charge in [0.1, 0.15) is 11.2 Å². The first-order valence-corrected chi connectivity index (χ1v) is 12.8. The molecule has 2 amide bonds. The number of anilines is 2. The first-order valence-electron chi connectivity index (χ1n) is 12.8. The average Bonchev–Trinajstić information content (AvgIpc) is 3.23. The van der Waals surface area contributed by atoms with Crippen molar-refractivity contribution in [3.63, 3.8) is 0 Å². The van der Waals surface area contributed by atoms with E-state index in [1.165, 1.54) is 21.7 Å². The number of carbonyl (C=O) groups is 2. The molecule has 11 nitrogen and oxygen atoms in total. The first kappa shape index (κ1) is 28.9. The number of nitrogens with zero attached hydrogens (tertiary/aromatic N) is 6. The first-order chi connectivity index (χ1) is 18.8. The number of aromatic nitrogens is 4. The summed E-state index contributed by atoms with van der Waals surface area (Å²) in [5, 5.41) is 2.62. The smallest absolute Gasteiger partial charge is 0.410 e. The van der Waals surface area contributed by atoms with Gasteiger partial charge in [0.2, 0.25) is 18.3 Å². The van der Waals surface area contributed by atoms with Gasteiger partial charge >= 0.3 is 6.09 Å². The van der Waals surface area contributed by atoms with Crippen LogP contribution in [-0.2, 0) is 4.74 Å². The number of fused-ring (bicyclic) bond motifs is 1. The predicted molar refractivity (Wildman–Crippen MR) is 141 cm³/mol. The summed E-state index contributed by atoms with van der Waals surface area (Å²) in [4.78, 5) is 41.5. The van der Waals surface area contributed by atoms with E-state index in [0.29, 0.717) is 5.69 Å². The molecule has 1 N–H and O–H groups in total. The highest BCUT2D eigenvalue weighted by Crippen LogP contribution is 2.26. The molecule has 0 bridgehead atoms. The molecule has 0 spiro atoms. The molecule has 3 aromatic rings. The Morgan fingerprint density at radius 2 is 1.95 bits per heavy atom. The van der Waals surface area contributed by atoms with E-state index in [2.05, 4.69) is 20.3 Å². The minimum atomic E-state index is -2.64. The number of nitrogens with one attached hydrogen (secondary N) is 1. The zero-order valence-electron chi connectivity index (χ0n) is 22.9. The third-order valence-electron chi connectivity index (χ3n) is 6.00. The fraction of sp³-hybridized carbons (Fsp3) is 0.500. The van der Waals surface area contributed by atoms with Crippen LogP contribution in [0.3, 0.4) is 0 Å². The van der Waals surface area contributed by atoms with Crippen molar-refractivity contribution in [2.45, 2.75) is 59.1 Å². The third kappa shape index (κ3) is 6.72. The van der Waals surface area contributed by atoms with Crippen LogP contribution in [-0.4, -0.2) is 80.6 Å². The maximum Gasteiger partial charge on any atom is 0.410 e. The van der Waals surface area contributed by atoms with Gasteiger partial charge in [-0.05, 0) is 34.6 Å². The maximum absolute atomic E-state index is 14.5. The Morgan fingerprint density at radius 3 is 2.62 bits per heavy atom. The molecule has 0 radical (unpaired) electrons. The summed E-state index contributed by atoms with van der Waals surface area (Å²) in [7, 11) is 0. The zero-order valence-corrected chi connectivity index (χ0v) is 22.9. The minimum absolute atomic E-state index is 0.00411. The summed E-state index contributed by atoms with van der Waals surface area (Å²) in [6.07, 6.45) is 0.561. The summed E-state index contributed by atoms with van der Waals surface area (Å²) in [5.74, 6) is -1.10. The summed E-state index contributed by atoms with van der Waals surface area (Å²) in [6, 6.07) is 0.310. The second-order valence-electron chi connectivity index (χ2n) is 10.4. The molecule has 40 heavy (non-hydrogen) atoms. The van der Waals surface area contributed by atoms with Gasteiger partial charge in [-0.25, -0.2) is 27.9 Å². The van der Waals surface area contributed by atoms with Crippen LogP contribution in [0.2, 0.25) is 0 Å². The van der Waals surface area contributed by atoms with E-state index >= 15 is 0 Å². The molecule has 4 heterocycles.